The number of phenols is 1. The molecular weight excluding hydrogens is 228 g/mol. The number of carbonyl (C=O) groups is 1. The monoisotopic (exact) mass is 240 g/mol. The number of benzene rings is 2. The predicted octanol–water partition coefficient (Wildman–Crippen LogP) is 2.24. The van der Waals surface area contributed by atoms with E-state index in [1.165, 1.54) is 0 Å². The third kappa shape index (κ3) is 2.95. The number of phenolic OH excluding ortho intramolecular Hbond substituents is 1. The normalized spacial score (nSPS) is 10.7. The molecule has 1 amide bonds. The molecule has 0 fully saturated rings. The molecule has 0 bridgehead atoms. The standard InChI is InChI=1S/C14H12N2O2/c15-14(18)11-3-5-12(6-4-11)16-9-10-1-7-13(17)8-2-10/h1-9,17H,(H2,15,18). The van der Waals surface area contributed by atoms with E-state index in [0.717, 1.165) is 11.3 Å². The summed E-state index contributed by atoms with van der Waals surface area (Å²) < 4.78 is 0. The number of aromatic hydroxyl groups is 1. The van der Waals surface area contributed by atoms with E-state index in [1.807, 2.05) is 0 Å². The van der Waals surface area contributed by atoms with Crippen LogP contribution in [-0.2, 0) is 0 Å². The third-order valence-corrected chi connectivity index (χ3v) is 2.41. The Morgan fingerprint density at radius 2 is 1.67 bits per heavy atom. The molecule has 0 heterocycles. The Hall–Kier alpha value is -2.62. The van der Waals surface area contributed by atoms with Gasteiger partial charge in [0.25, 0.3) is 0 Å². The van der Waals surface area contributed by atoms with Crippen LogP contribution < -0.4 is 5.73 Å². The maximum atomic E-state index is 10.9. The summed E-state index contributed by atoms with van der Waals surface area (Å²) >= 11 is 0. The lowest BCUT2D eigenvalue weighted by Crippen LogP contribution is -2.10. The first-order valence-electron chi connectivity index (χ1n) is 5.38. The van der Waals surface area contributed by atoms with Crippen molar-refractivity contribution >= 4 is 17.8 Å². The quantitative estimate of drug-likeness (QED) is 0.807. The van der Waals surface area contributed by atoms with E-state index in [0.29, 0.717) is 5.56 Å². The van der Waals surface area contributed by atoms with Crippen LogP contribution in [0.25, 0.3) is 0 Å². The highest BCUT2D eigenvalue weighted by Gasteiger charge is 1.98. The summed E-state index contributed by atoms with van der Waals surface area (Å²) in [6, 6.07) is 13.4. The largest absolute Gasteiger partial charge is 0.508 e. The van der Waals surface area contributed by atoms with Crippen LogP contribution in [0.4, 0.5) is 5.69 Å². The predicted molar refractivity (Wildman–Crippen MR) is 70.3 cm³/mol. The average molecular weight is 240 g/mol. The van der Waals surface area contributed by atoms with Crippen LogP contribution in [0.2, 0.25) is 0 Å². The van der Waals surface area contributed by atoms with Gasteiger partial charge in [0.1, 0.15) is 5.75 Å². The highest BCUT2D eigenvalue weighted by molar-refractivity contribution is 5.93. The number of primary amides is 1. The first-order chi connectivity index (χ1) is 8.65. The van der Waals surface area contributed by atoms with Crippen molar-refractivity contribution in [3.05, 3.63) is 59.7 Å². The van der Waals surface area contributed by atoms with Crippen molar-refractivity contribution in [1.29, 1.82) is 0 Å². The van der Waals surface area contributed by atoms with Crippen LogP contribution >= 0.6 is 0 Å². The molecule has 4 nitrogen and oxygen atoms in total. The SMILES string of the molecule is NC(=O)c1ccc(N=Cc2ccc(O)cc2)cc1. The fourth-order valence-electron chi connectivity index (χ4n) is 1.42. The lowest BCUT2D eigenvalue weighted by Gasteiger charge is -1.97. The van der Waals surface area contributed by atoms with Crippen LogP contribution in [0.15, 0.2) is 53.5 Å². The number of aliphatic imine (C=N–C) groups is 1. The zero-order chi connectivity index (χ0) is 13.0. The van der Waals surface area contributed by atoms with Crippen molar-refractivity contribution in [1.82, 2.24) is 0 Å². The van der Waals surface area contributed by atoms with Gasteiger partial charge in [0, 0.05) is 11.8 Å². The molecule has 0 unspecified atom stereocenters. The molecule has 0 radical (unpaired) electrons. The smallest absolute Gasteiger partial charge is 0.248 e. The van der Waals surface area contributed by atoms with Crippen LogP contribution in [0, 0.1) is 0 Å². The number of hydrogen-bond donors (Lipinski definition) is 2. The number of nitrogens with zero attached hydrogens (tertiary/aromatic N) is 1. The zero-order valence-corrected chi connectivity index (χ0v) is 9.58. The van der Waals surface area contributed by atoms with Crippen molar-refractivity contribution in [3.8, 4) is 5.75 Å². The second kappa shape index (κ2) is 5.14. The fourth-order valence-corrected chi connectivity index (χ4v) is 1.42. The maximum absolute atomic E-state index is 10.9. The van der Waals surface area contributed by atoms with Gasteiger partial charge in [0.05, 0.1) is 5.69 Å². The van der Waals surface area contributed by atoms with E-state index in [9.17, 15) is 4.79 Å². The van der Waals surface area contributed by atoms with E-state index in [1.54, 1.807) is 54.7 Å². The van der Waals surface area contributed by atoms with Gasteiger partial charge in [-0.05, 0) is 54.1 Å². The minimum atomic E-state index is -0.455. The Labute approximate surface area is 104 Å². The van der Waals surface area contributed by atoms with Gasteiger partial charge >= 0.3 is 0 Å². The number of nitrogens with two attached hydrogens (primary N) is 1. The molecule has 0 saturated carbocycles. The Morgan fingerprint density at radius 3 is 2.22 bits per heavy atom. The molecule has 0 aliphatic carbocycles. The van der Waals surface area contributed by atoms with E-state index in [2.05, 4.69) is 4.99 Å². The van der Waals surface area contributed by atoms with Gasteiger partial charge in [-0.3, -0.25) is 9.79 Å². The first-order valence-corrected chi connectivity index (χ1v) is 5.38. The highest BCUT2D eigenvalue weighted by Crippen LogP contribution is 2.14. The summed E-state index contributed by atoms with van der Waals surface area (Å²) in [6.07, 6.45) is 1.68. The van der Waals surface area contributed by atoms with Crippen molar-refractivity contribution in [2.75, 3.05) is 0 Å². The topological polar surface area (TPSA) is 75.7 Å². The second-order valence-corrected chi connectivity index (χ2v) is 3.76. The van der Waals surface area contributed by atoms with E-state index in [-0.39, 0.29) is 5.75 Å². The summed E-state index contributed by atoms with van der Waals surface area (Å²) in [5, 5.41) is 9.14. The maximum Gasteiger partial charge on any atom is 0.248 e. The molecule has 2 rings (SSSR count). The molecule has 2 aromatic rings. The van der Waals surface area contributed by atoms with Crippen LogP contribution in [0.5, 0.6) is 5.75 Å². The van der Waals surface area contributed by atoms with Gasteiger partial charge in [-0.1, -0.05) is 0 Å². The molecule has 0 aliphatic heterocycles. The lowest BCUT2D eigenvalue weighted by atomic mass is 10.2. The Morgan fingerprint density at radius 1 is 1.06 bits per heavy atom. The molecular formula is C14H12N2O2. The number of amides is 1. The Balaban J connectivity index is 2.13. The molecule has 18 heavy (non-hydrogen) atoms. The molecule has 3 N–H and O–H groups in total. The van der Waals surface area contributed by atoms with Gasteiger partial charge < -0.3 is 10.8 Å². The summed E-state index contributed by atoms with van der Waals surface area (Å²) in [5.74, 6) is -0.234. The second-order valence-electron chi connectivity index (χ2n) is 3.76. The van der Waals surface area contributed by atoms with Gasteiger partial charge in [-0.25, -0.2) is 0 Å². The van der Waals surface area contributed by atoms with Crippen LogP contribution in [0.3, 0.4) is 0 Å². The van der Waals surface area contributed by atoms with Gasteiger partial charge in [-0.2, -0.15) is 0 Å². The molecule has 0 saturated heterocycles. The molecule has 4 heteroatoms. The fraction of sp³-hybridized carbons (Fsp3) is 0. The van der Waals surface area contributed by atoms with E-state index >= 15 is 0 Å². The third-order valence-electron chi connectivity index (χ3n) is 2.41. The van der Waals surface area contributed by atoms with Crippen LogP contribution in [0.1, 0.15) is 15.9 Å². The average Bonchev–Trinajstić information content (AvgIpc) is 2.38. The van der Waals surface area contributed by atoms with Crippen molar-refractivity contribution in [2.45, 2.75) is 0 Å². The highest BCUT2D eigenvalue weighted by atomic mass is 16.3. The minimum Gasteiger partial charge on any atom is -0.508 e. The molecule has 90 valence electrons. The molecule has 0 spiro atoms. The van der Waals surface area contributed by atoms with Crippen LogP contribution in [-0.4, -0.2) is 17.2 Å². The summed E-state index contributed by atoms with van der Waals surface area (Å²) in [5.41, 5.74) is 7.21. The van der Waals surface area contributed by atoms with Crippen molar-refractivity contribution in [3.63, 3.8) is 0 Å². The summed E-state index contributed by atoms with van der Waals surface area (Å²) in [6.45, 7) is 0. The van der Waals surface area contributed by atoms with E-state index in [4.69, 9.17) is 10.8 Å². The van der Waals surface area contributed by atoms with Gasteiger partial charge in [0.2, 0.25) is 5.91 Å². The minimum absolute atomic E-state index is 0.220. The summed E-state index contributed by atoms with van der Waals surface area (Å²) in [7, 11) is 0. The Kier molecular flexibility index (Phi) is 3.38. The number of carbonyl (C=O) groups excluding carboxylic acids is 1. The molecule has 0 aromatic heterocycles. The van der Waals surface area contributed by atoms with Crippen molar-refractivity contribution in [2.24, 2.45) is 10.7 Å². The molecule has 0 atom stereocenters. The van der Waals surface area contributed by atoms with Gasteiger partial charge in [-0.15, -0.1) is 0 Å². The summed E-state index contributed by atoms with van der Waals surface area (Å²) in [4.78, 5) is 15.1. The molecule has 0 aliphatic rings. The lowest BCUT2D eigenvalue weighted by molar-refractivity contribution is 0.100. The zero-order valence-electron chi connectivity index (χ0n) is 9.58. The first kappa shape index (κ1) is 11.9. The van der Waals surface area contributed by atoms with E-state index < -0.39 is 5.91 Å². The number of rotatable bonds is 3. The van der Waals surface area contributed by atoms with Crippen molar-refractivity contribution < 1.29 is 9.90 Å². The van der Waals surface area contributed by atoms with Gasteiger partial charge in [0.15, 0.2) is 0 Å². The Bertz CT molecular complexity index is 572. The number of hydrogen-bond acceptors (Lipinski definition) is 3. The molecule has 2 aromatic carbocycles.